The summed E-state index contributed by atoms with van der Waals surface area (Å²) in [6.45, 7) is 9.24. The Morgan fingerprint density at radius 1 is 1.17 bits per heavy atom. The maximum atomic E-state index is 5.57. The number of fused-ring (bicyclic) bond motifs is 1. The predicted molar refractivity (Wildman–Crippen MR) is 101 cm³/mol. The summed E-state index contributed by atoms with van der Waals surface area (Å²) in [4.78, 5) is 2.59. The van der Waals surface area contributed by atoms with E-state index in [0.29, 0.717) is 18.8 Å². The first-order chi connectivity index (χ1) is 10.2. The first-order valence-corrected chi connectivity index (χ1v) is 8.53. The van der Waals surface area contributed by atoms with Crippen LogP contribution in [-0.4, -0.2) is 37.9 Å². The van der Waals surface area contributed by atoms with Gasteiger partial charge in [0.15, 0.2) is 11.5 Å². The van der Waals surface area contributed by atoms with Gasteiger partial charge in [-0.25, -0.2) is 0 Å². The van der Waals surface area contributed by atoms with Gasteiger partial charge < -0.3 is 14.8 Å². The van der Waals surface area contributed by atoms with Crippen molar-refractivity contribution in [1.82, 2.24) is 10.2 Å². The first-order valence-electron chi connectivity index (χ1n) is 7.74. The van der Waals surface area contributed by atoms with Crippen LogP contribution in [0.2, 0.25) is 0 Å². The van der Waals surface area contributed by atoms with Crippen LogP contribution in [-0.2, 0) is 0 Å². The van der Waals surface area contributed by atoms with E-state index in [4.69, 9.17) is 9.47 Å². The topological polar surface area (TPSA) is 33.7 Å². The number of ether oxygens (including phenoxy) is 2. The second kappa shape index (κ2) is 9.33. The van der Waals surface area contributed by atoms with Crippen LogP contribution in [0.5, 0.6) is 11.5 Å². The van der Waals surface area contributed by atoms with E-state index in [1.807, 2.05) is 0 Å². The van der Waals surface area contributed by atoms with E-state index >= 15 is 0 Å². The zero-order valence-corrected chi connectivity index (χ0v) is 16.7. The molecule has 2 heterocycles. The van der Waals surface area contributed by atoms with Crippen molar-refractivity contribution in [2.24, 2.45) is 5.92 Å². The van der Waals surface area contributed by atoms with Crippen LogP contribution in [0.4, 0.5) is 0 Å². The maximum absolute atomic E-state index is 5.57. The summed E-state index contributed by atoms with van der Waals surface area (Å²) in [7, 11) is 0. The molecule has 1 aromatic rings. The smallest absolute Gasteiger partial charge is 0.231 e. The third-order valence-electron chi connectivity index (χ3n) is 4.54. The van der Waals surface area contributed by atoms with Gasteiger partial charge in [0.25, 0.3) is 0 Å². The number of nitrogens with zero attached hydrogens (tertiary/aromatic N) is 1. The lowest BCUT2D eigenvalue weighted by Gasteiger charge is -2.39. The molecule has 0 saturated carbocycles. The average Bonchev–Trinajstić information content (AvgIpc) is 2.95. The van der Waals surface area contributed by atoms with Crippen LogP contribution in [0.1, 0.15) is 31.9 Å². The molecule has 2 atom stereocenters. The summed E-state index contributed by atoms with van der Waals surface area (Å²) in [6, 6.07) is 4.63. The average molecular weight is 428 g/mol. The SMILES string of the molecule is CCC(C)[C@H](c1cc2c(cc1Br)OCO2)N1CCNCC1.Cl.Cl. The van der Waals surface area contributed by atoms with Gasteiger partial charge in [0, 0.05) is 36.7 Å². The zero-order chi connectivity index (χ0) is 14.8. The molecule has 2 aliphatic rings. The summed E-state index contributed by atoms with van der Waals surface area (Å²) in [6.07, 6.45) is 1.16. The summed E-state index contributed by atoms with van der Waals surface area (Å²) >= 11 is 3.74. The molecule has 0 bridgehead atoms. The van der Waals surface area contributed by atoms with E-state index in [2.05, 4.69) is 52.1 Å². The number of hydrogen-bond acceptors (Lipinski definition) is 4. The van der Waals surface area contributed by atoms with Crippen LogP contribution in [0, 0.1) is 5.92 Å². The van der Waals surface area contributed by atoms with Crippen molar-refractivity contribution in [3.63, 3.8) is 0 Å². The molecule has 0 aliphatic carbocycles. The summed E-state index contributed by atoms with van der Waals surface area (Å²) in [5.74, 6) is 2.31. The molecule has 3 rings (SSSR count). The van der Waals surface area contributed by atoms with Crippen molar-refractivity contribution in [2.75, 3.05) is 33.0 Å². The van der Waals surface area contributed by atoms with Gasteiger partial charge in [-0.1, -0.05) is 36.2 Å². The highest BCUT2D eigenvalue weighted by Gasteiger charge is 2.30. The van der Waals surface area contributed by atoms with E-state index in [9.17, 15) is 0 Å². The van der Waals surface area contributed by atoms with Crippen molar-refractivity contribution < 1.29 is 9.47 Å². The van der Waals surface area contributed by atoms with Gasteiger partial charge in [0.1, 0.15) is 0 Å². The fourth-order valence-corrected chi connectivity index (χ4v) is 3.76. The number of benzene rings is 1. The number of nitrogens with one attached hydrogen (secondary N) is 1. The predicted octanol–water partition coefficient (Wildman–Crippen LogP) is 4.01. The molecule has 132 valence electrons. The van der Waals surface area contributed by atoms with E-state index < -0.39 is 0 Å². The van der Waals surface area contributed by atoms with Gasteiger partial charge in [-0.05, 0) is 23.6 Å². The summed E-state index contributed by atoms with van der Waals surface area (Å²) < 4.78 is 12.2. The highest BCUT2D eigenvalue weighted by molar-refractivity contribution is 9.10. The van der Waals surface area contributed by atoms with Crippen molar-refractivity contribution in [2.45, 2.75) is 26.3 Å². The Morgan fingerprint density at radius 2 is 1.78 bits per heavy atom. The van der Waals surface area contributed by atoms with Crippen molar-refractivity contribution >= 4 is 40.7 Å². The lowest BCUT2D eigenvalue weighted by molar-refractivity contribution is 0.128. The Balaban J connectivity index is 0.00000132. The molecule has 1 saturated heterocycles. The van der Waals surface area contributed by atoms with Crippen LogP contribution in [0.15, 0.2) is 16.6 Å². The minimum atomic E-state index is 0. The van der Waals surface area contributed by atoms with Gasteiger partial charge >= 0.3 is 0 Å². The Hall–Kier alpha value is -0.200. The molecule has 0 amide bonds. The normalized spacial score (nSPS) is 19.4. The van der Waals surface area contributed by atoms with Gasteiger partial charge in [0.05, 0.1) is 0 Å². The van der Waals surface area contributed by atoms with E-state index in [-0.39, 0.29) is 24.8 Å². The molecule has 2 aliphatic heterocycles. The van der Waals surface area contributed by atoms with Crippen LogP contribution in [0.25, 0.3) is 0 Å². The minimum absolute atomic E-state index is 0. The van der Waals surface area contributed by atoms with Crippen molar-refractivity contribution in [3.8, 4) is 11.5 Å². The van der Waals surface area contributed by atoms with E-state index in [1.165, 1.54) is 5.56 Å². The minimum Gasteiger partial charge on any atom is -0.454 e. The molecule has 1 aromatic carbocycles. The molecule has 23 heavy (non-hydrogen) atoms. The van der Waals surface area contributed by atoms with Gasteiger partial charge in [-0.2, -0.15) is 0 Å². The van der Waals surface area contributed by atoms with Crippen molar-refractivity contribution in [3.05, 3.63) is 22.2 Å². The number of rotatable bonds is 4. The Morgan fingerprint density at radius 3 is 2.39 bits per heavy atom. The number of piperazine rings is 1. The van der Waals surface area contributed by atoms with E-state index in [0.717, 1.165) is 48.6 Å². The Kier molecular flexibility index (Phi) is 8.45. The Bertz CT molecular complexity index is 513. The molecule has 7 heteroatoms. The first kappa shape index (κ1) is 20.8. The highest BCUT2D eigenvalue weighted by atomic mass is 79.9. The molecular weight excluding hydrogens is 403 g/mol. The summed E-state index contributed by atoms with van der Waals surface area (Å²) in [5.41, 5.74) is 1.32. The maximum Gasteiger partial charge on any atom is 0.231 e. The molecule has 1 fully saturated rings. The summed E-state index contributed by atoms with van der Waals surface area (Å²) in [5, 5.41) is 3.44. The molecule has 1 unspecified atom stereocenters. The molecule has 1 N–H and O–H groups in total. The van der Waals surface area contributed by atoms with Gasteiger partial charge in [0.2, 0.25) is 6.79 Å². The third kappa shape index (κ3) is 4.45. The van der Waals surface area contributed by atoms with Crippen LogP contribution >= 0.6 is 40.7 Å². The third-order valence-corrected chi connectivity index (χ3v) is 5.23. The van der Waals surface area contributed by atoms with Gasteiger partial charge in [-0.3, -0.25) is 4.90 Å². The molecule has 4 nitrogen and oxygen atoms in total. The zero-order valence-electron chi connectivity index (χ0n) is 13.5. The standard InChI is InChI=1S/C16H23BrN2O2.2ClH/c1-3-11(2)16(19-6-4-18-5-7-19)12-8-14-15(9-13(12)17)21-10-20-14;;/h8-9,11,16,18H,3-7,10H2,1-2H3;2*1H/t11?,16-;;/m1../s1. The second-order valence-electron chi connectivity index (χ2n) is 5.84. The fourth-order valence-electron chi connectivity index (χ4n) is 3.21. The quantitative estimate of drug-likeness (QED) is 0.786. The van der Waals surface area contributed by atoms with Crippen LogP contribution in [0.3, 0.4) is 0 Å². The largest absolute Gasteiger partial charge is 0.454 e. The molecule has 0 spiro atoms. The van der Waals surface area contributed by atoms with E-state index in [1.54, 1.807) is 0 Å². The van der Waals surface area contributed by atoms with Crippen molar-refractivity contribution in [1.29, 1.82) is 0 Å². The number of halogens is 3. The lowest BCUT2D eigenvalue weighted by Crippen LogP contribution is -2.46. The fraction of sp³-hybridized carbons (Fsp3) is 0.625. The molecular formula is C16H25BrCl2N2O2. The lowest BCUT2D eigenvalue weighted by atomic mass is 9.90. The van der Waals surface area contributed by atoms with Crippen LogP contribution < -0.4 is 14.8 Å². The molecule has 0 radical (unpaired) electrons. The number of hydrogen-bond donors (Lipinski definition) is 1. The van der Waals surface area contributed by atoms with Gasteiger partial charge in [-0.15, -0.1) is 24.8 Å². The molecule has 0 aromatic heterocycles. The monoisotopic (exact) mass is 426 g/mol. The Labute approximate surface area is 159 Å². The second-order valence-corrected chi connectivity index (χ2v) is 6.70. The highest BCUT2D eigenvalue weighted by Crippen LogP contribution is 2.43.